The van der Waals surface area contributed by atoms with Gasteiger partial charge in [0.2, 0.25) is 0 Å². The Balaban J connectivity index is 1.78. The van der Waals surface area contributed by atoms with Crippen molar-refractivity contribution in [2.75, 3.05) is 26.2 Å². The molecular weight excluding hydrogens is 296 g/mol. The maximum absolute atomic E-state index is 12.1. The molecular formula is C13H24N2O5S. The quantitative estimate of drug-likeness (QED) is 0.637. The normalized spacial score (nSPS) is 23.0. The van der Waals surface area contributed by atoms with E-state index in [1.807, 2.05) is 0 Å². The monoisotopic (exact) mass is 320 g/mol. The van der Waals surface area contributed by atoms with Crippen LogP contribution in [0, 0.1) is 11.8 Å². The van der Waals surface area contributed by atoms with Crippen LogP contribution in [0.25, 0.3) is 0 Å². The second-order valence-corrected chi connectivity index (χ2v) is 7.44. The lowest BCUT2D eigenvalue weighted by molar-refractivity contribution is -0.149. The smallest absolute Gasteiger partial charge is 0.309 e. The molecule has 1 saturated carbocycles. The Morgan fingerprint density at radius 3 is 2.48 bits per heavy atom. The first-order valence-corrected chi connectivity index (χ1v) is 8.97. The minimum Gasteiger partial charge on any atom is -0.466 e. The highest BCUT2D eigenvalue weighted by Crippen LogP contribution is 2.32. The molecule has 2 N–H and O–H groups in total. The van der Waals surface area contributed by atoms with Gasteiger partial charge in [0.25, 0.3) is 10.2 Å². The van der Waals surface area contributed by atoms with E-state index < -0.39 is 16.3 Å². The van der Waals surface area contributed by atoms with Crippen LogP contribution in [0.5, 0.6) is 0 Å². The lowest BCUT2D eigenvalue weighted by Gasteiger charge is -2.30. The maximum Gasteiger partial charge on any atom is 0.309 e. The largest absolute Gasteiger partial charge is 0.466 e. The van der Waals surface area contributed by atoms with Crippen LogP contribution in [0.2, 0.25) is 0 Å². The van der Waals surface area contributed by atoms with Crippen molar-refractivity contribution < 1.29 is 23.1 Å². The van der Waals surface area contributed by atoms with E-state index in [2.05, 4.69) is 4.72 Å². The Hall–Kier alpha value is -0.700. The zero-order chi connectivity index (χ0) is 15.5. The van der Waals surface area contributed by atoms with Crippen molar-refractivity contribution in [3.8, 4) is 0 Å². The molecule has 21 heavy (non-hydrogen) atoms. The third kappa shape index (κ3) is 4.64. The van der Waals surface area contributed by atoms with Gasteiger partial charge in [0.15, 0.2) is 0 Å². The Morgan fingerprint density at radius 1 is 1.33 bits per heavy atom. The number of hydrogen-bond acceptors (Lipinski definition) is 5. The summed E-state index contributed by atoms with van der Waals surface area (Å²) < 4.78 is 33.0. The summed E-state index contributed by atoms with van der Waals surface area (Å²) in [6.45, 7) is 2.77. The molecule has 122 valence electrons. The summed E-state index contributed by atoms with van der Waals surface area (Å²) in [5.41, 5.74) is 0. The molecule has 2 fully saturated rings. The first kappa shape index (κ1) is 16.7. The minimum absolute atomic E-state index is 0.0603. The van der Waals surface area contributed by atoms with E-state index in [1.165, 1.54) is 4.31 Å². The zero-order valence-corrected chi connectivity index (χ0v) is 13.1. The Labute approximate surface area is 125 Å². The highest BCUT2D eigenvalue weighted by atomic mass is 32.2. The zero-order valence-electron chi connectivity index (χ0n) is 12.3. The molecule has 0 spiro atoms. The fourth-order valence-corrected chi connectivity index (χ4v) is 3.78. The van der Waals surface area contributed by atoms with Gasteiger partial charge in [0.05, 0.1) is 18.6 Å². The van der Waals surface area contributed by atoms with Gasteiger partial charge in [0, 0.05) is 19.6 Å². The average molecular weight is 320 g/mol. The molecule has 0 bridgehead atoms. The van der Waals surface area contributed by atoms with E-state index in [-0.39, 0.29) is 24.3 Å². The highest BCUT2D eigenvalue weighted by molar-refractivity contribution is 7.87. The van der Waals surface area contributed by atoms with Crippen LogP contribution >= 0.6 is 0 Å². The Bertz CT molecular complexity index is 455. The van der Waals surface area contributed by atoms with Crippen molar-refractivity contribution in [1.29, 1.82) is 0 Å². The molecule has 1 heterocycles. The first-order chi connectivity index (χ1) is 9.94. The molecule has 7 nitrogen and oxygen atoms in total. The predicted molar refractivity (Wildman–Crippen MR) is 76.6 cm³/mol. The summed E-state index contributed by atoms with van der Waals surface area (Å²) in [6.07, 6.45) is 2.29. The van der Waals surface area contributed by atoms with Crippen LogP contribution in [-0.4, -0.2) is 56.1 Å². The number of aliphatic hydroxyl groups excluding tert-OH is 1. The lowest BCUT2D eigenvalue weighted by atomic mass is 9.98. The fraction of sp³-hybridized carbons (Fsp3) is 0.923. The number of nitrogens with zero attached hydrogens (tertiary/aromatic N) is 1. The molecule has 1 saturated heterocycles. The summed E-state index contributed by atoms with van der Waals surface area (Å²) in [7, 11) is -3.57. The Morgan fingerprint density at radius 2 is 1.95 bits per heavy atom. The van der Waals surface area contributed by atoms with Gasteiger partial charge >= 0.3 is 5.97 Å². The molecule has 0 aromatic heterocycles. The fourth-order valence-electron chi connectivity index (χ4n) is 2.52. The third-order valence-electron chi connectivity index (χ3n) is 4.05. The number of rotatable bonds is 7. The second kappa shape index (κ2) is 7.04. The standard InChI is InChI=1S/C13H24N2O5S/c1-2-20-13(17)11-5-7-15(8-6-11)21(18,19)14-9-12(16)10-3-4-10/h10-12,14,16H,2-9H2,1H3. The van der Waals surface area contributed by atoms with E-state index >= 15 is 0 Å². The van der Waals surface area contributed by atoms with Gasteiger partial charge in [-0.1, -0.05) is 0 Å². The van der Waals surface area contributed by atoms with E-state index in [4.69, 9.17) is 4.74 Å². The van der Waals surface area contributed by atoms with Crippen molar-refractivity contribution in [2.45, 2.75) is 38.7 Å². The minimum atomic E-state index is -3.57. The van der Waals surface area contributed by atoms with Crippen molar-refractivity contribution in [1.82, 2.24) is 9.03 Å². The molecule has 0 aromatic rings. The topological polar surface area (TPSA) is 95.9 Å². The molecule has 1 aliphatic heterocycles. The number of hydrogen-bond donors (Lipinski definition) is 2. The number of esters is 1. The number of piperidine rings is 1. The van der Waals surface area contributed by atoms with Gasteiger partial charge in [-0.2, -0.15) is 17.4 Å². The number of ether oxygens (including phenoxy) is 1. The van der Waals surface area contributed by atoms with Gasteiger partial charge in [0.1, 0.15) is 0 Å². The van der Waals surface area contributed by atoms with Crippen LogP contribution in [0.15, 0.2) is 0 Å². The summed E-state index contributed by atoms with van der Waals surface area (Å²) in [4.78, 5) is 11.6. The summed E-state index contributed by atoms with van der Waals surface area (Å²) in [6, 6.07) is 0. The van der Waals surface area contributed by atoms with Gasteiger partial charge < -0.3 is 9.84 Å². The summed E-state index contributed by atoms with van der Waals surface area (Å²) in [5.74, 6) is -0.220. The van der Waals surface area contributed by atoms with Crippen molar-refractivity contribution in [3.63, 3.8) is 0 Å². The molecule has 8 heteroatoms. The number of nitrogens with one attached hydrogen (secondary N) is 1. The first-order valence-electron chi connectivity index (χ1n) is 7.53. The van der Waals surface area contributed by atoms with Crippen LogP contribution in [0.1, 0.15) is 32.6 Å². The Kier molecular flexibility index (Phi) is 5.59. The molecule has 2 aliphatic rings. The maximum atomic E-state index is 12.1. The van der Waals surface area contributed by atoms with Crippen LogP contribution in [0.3, 0.4) is 0 Å². The van der Waals surface area contributed by atoms with Crippen LogP contribution in [0.4, 0.5) is 0 Å². The molecule has 0 radical (unpaired) electrons. The number of aliphatic hydroxyl groups is 1. The molecule has 1 atom stereocenters. The summed E-state index contributed by atoms with van der Waals surface area (Å²) >= 11 is 0. The van der Waals surface area contributed by atoms with Crippen LogP contribution < -0.4 is 4.72 Å². The SMILES string of the molecule is CCOC(=O)C1CCN(S(=O)(=O)NCC(O)C2CC2)CC1. The van der Waals surface area contributed by atoms with Crippen molar-refractivity contribution >= 4 is 16.2 Å². The van der Waals surface area contributed by atoms with Crippen LogP contribution in [-0.2, 0) is 19.7 Å². The van der Waals surface area contributed by atoms with Gasteiger partial charge in [-0.05, 0) is 38.5 Å². The van der Waals surface area contributed by atoms with Crippen molar-refractivity contribution in [3.05, 3.63) is 0 Å². The number of carbonyl (C=O) groups excluding carboxylic acids is 1. The molecule has 1 aliphatic carbocycles. The van der Waals surface area contributed by atoms with Gasteiger partial charge in [-0.25, -0.2) is 0 Å². The average Bonchev–Trinajstić information content (AvgIpc) is 3.30. The molecule has 2 rings (SSSR count). The van der Waals surface area contributed by atoms with Gasteiger partial charge in [-0.15, -0.1) is 0 Å². The second-order valence-electron chi connectivity index (χ2n) is 5.68. The van der Waals surface area contributed by atoms with E-state index in [0.29, 0.717) is 32.5 Å². The molecule has 0 amide bonds. The van der Waals surface area contributed by atoms with Gasteiger partial charge in [-0.3, -0.25) is 4.79 Å². The third-order valence-corrected chi connectivity index (χ3v) is 5.63. The van der Waals surface area contributed by atoms with Crippen molar-refractivity contribution in [2.24, 2.45) is 11.8 Å². The lowest BCUT2D eigenvalue weighted by Crippen LogP contribution is -2.47. The molecule has 1 unspecified atom stereocenters. The number of carbonyl (C=O) groups is 1. The van der Waals surface area contributed by atoms with E-state index in [0.717, 1.165) is 12.8 Å². The predicted octanol–water partition coefficient (Wildman–Crippen LogP) is -0.133. The highest BCUT2D eigenvalue weighted by Gasteiger charge is 2.34. The van der Waals surface area contributed by atoms with E-state index in [9.17, 15) is 18.3 Å². The molecule has 0 aromatic carbocycles. The van der Waals surface area contributed by atoms with E-state index in [1.54, 1.807) is 6.92 Å². The summed E-state index contributed by atoms with van der Waals surface area (Å²) in [5, 5.41) is 9.72.